The minimum atomic E-state index is -4.04. The van der Waals surface area contributed by atoms with Crippen molar-refractivity contribution in [3.63, 3.8) is 0 Å². The molecule has 2 fully saturated rings. The smallest absolute Gasteiger partial charge is 0.278 e. The second-order valence-electron chi connectivity index (χ2n) is 13.5. The number of alkyl halides is 2. The maximum absolute atomic E-state index is 17.4. The molecule has 3 N–H and O–H groups in total. The topological polar surface area (TPSA) is 259 Å². The fraction of sp³-hybridized carbons (Fsp3) is 0.417. The molecule has 2 aliphatic heterocycles. The molecule has 10 atom stereocenters. The number of hydrogen-bond acceptors (Lipinski definition) is 18. The number of carbonyl (C=O) groups is 1. The molecule has 0 aliphatic carbocycles. The zero-order valence-electron chi connectivity index (χ0n) is 32.3. The van der Waals surface area contributed by atoms with Crippen LogP contribution in [0.5, 0.6) is 0 Å². The summed E-state index contributed by atoms with van der Waals surface area (Å²) in [6.07, 6.45) is -4.11. The lowest BCUT2D eigenvalue weighted by molar-refractivity contribution is -0.0365. The number of nitrogens with zero attached hydrogens (tertiary/aromatic N) is 9. The summed E-state index contributed by atoms with van der Waals surface area (Å²) in [6, 6.07) is 12.2. The first-order valence-corrected chi connectivity index (χ1v) is 24.2. The molecule has 1 amide bonds. The van der Waals surface area contributed by atoms with Gasteiger partial charge in [0.1, 0.15) is 6.33 Å². The average Bonchev–Trinajstić information content (AvgIpc) is 4.06. The summed E-state index contributed by atoms with van der Waals surface area (Å²) in [5.74, 6) is -0.451. The van der Waals surface area contributed by atoms with E-state index in [1.807, 2.05) is 12.1 Å². The molecule has 6 unspecified atom stereocenters. The molecule has 6 heterocycles. The van der Waals surface area contributed by atoms with Gasteiger partial charge in [-0.2, -0.15) is 10.5 Å². The van der Waals surface area contributed by atoms with Crippen molar-refractivity contribution < 1.29 is 46.3 Å². The van der Waals surface area contributed by atoms with E-state index >= 15 is 8.78 Å². The Morgan fingerprint density at radius 3 is 2.13 bits per heavy atom. The first kappa shape index (κ1) is 45.2. The third-order valence-electron chi connectivity index (χ3n) is 9.80. The molecular formula is C36H37F2N11O9P2S2. The molecule has 62 heavy (non-hydrogen) atoms. The van der Waals surface area contributed by atoms with Gasteiger partial charge in [-0.3, -0.25) is 18.7 Å². The standard InChI is InChI=1S/C36H37F2N11O9P2S2/c1-2-12-53-59(61,54-13-6-10-39)29-23(58-36(25(29)38)48-19-45-26-30(41-17-42-31(26)48)47-33(51)21-8-4-3-5-9-21)16-56-60(62,55-14-7-11-40)28-22(15-50)57-35(24(28)37)49-20-46-27-32(49)43-18-44-34(27)52/h2-5,8-9,17-20,22-25,28-29,35-36,50H,1,6-7,12-16H2,(H,43,44,52)(H,41,42,47,51)/t22?,23?,24-,25-,28-,29-,35?,36?,59?,60?/m1/s1. The lowest BCUT2D eigenvalue weighted by Gasteiger charge is -2.34. The van der Waals surface area contributed by atoms with Crippen molar-refractivity contribution in [2.24, 2.45) is 0 Å². The van der Waals surface area contributed by atoms with Crippen LogP contribution in [-0.4, -0.2) is 119 Å². The van der Waals surface area contributed by atoms with Gasteiger partial charge < -0.3 is 43.0 Å². The molecule has 1 aromatic carbocycles. The van der Waals surface area contributed by atoms with Crippen molar-refractivity contribution in [3.05, 3.63) is 84.2 Å². The van der Waals surface area contributed by atoms with Crippen LogP contribution in [0.15, 0.2) is 73.1 Å². The molecule has 2 aliphatic rings. The number of aliphatic hydroxyl groups excluding tert-OH is 1. The number of carbonyl (C=O) groups excluding carboxylic acids is 1. The Morgan fingerprint density at radius 2 is 1.50 bits per heavy atom. The predicted molar refractivity (Wildman–Crippen MR) is 223 cm³/mol. The van der Waals surface area contributed by atoms with Crippen molar-refractivity contribution in [1.29, 1.82) is 10.5 Å². The molecule has 326 valence electrons. The summed E-state index contributed by atoms with van der Waals surface area (Å²) in [5, 5.41) is 31.8. The number of H-pyrrole nitrogens is 1. The van der Waals surface area contributed by atoms with E-state index in [0.29, 0.717) is 5.56 Å². The molecule has 0 saturated carbocycles. The highest BCUT2D eigenvalue weighted by atomic mass is 32.5. The maximum atomic E-state index is 17.4. The van der Waals surface area contributed by atoms with Gasteiger partial charge in [-0.15, -0.1) is 6.58 Å². The lowest BCUT2D eigenvalue weighted by Crippen LogP contribution is -2.36. The molecule has 26 heteroatoms. The van der Waals surface area contributed by atoms with Gasteiger partial charge in [0.2, 0.25) is 0 Å². The number of aliphatic hydroxyl groups is 1. The van der Waals surface area contributed by atoms with E-state index in [2.05, 4.69) is 41.8 Å². The summed E-state index contributed by atoms with van der Waals surface area (Å²) in [6.45, 7) is -6.24. The van der Waals surface area contributed by atoms with Crippen LogP contribution in [0.3, 0.4) is 0 Å². The summed E-state index contributed by atoms with van der Waals surface area (Å²) in [5.41, 5.74) is -3.10. The monoisotopic (exact) mass is 931 g/mol. The van der Waals surface area contributed by atoms with Crippen LogP contribution in [-0.2, 0) is 51.2 Å². The Bertz CT molecular complexity index is 2660. The molecule has 20 nitrogen and oxygen atoms in total. The molecule has 4 aromatic heterocycles. The highest BCUT2D eigenvalue weighted by Gasteiger charge is 2.58. The molecule has 0 spiro atoms. The maximum Gasteiger partial charge on any atom is 0.278 e. The van der Waals surface area contributed by atoms with E-state index in [4.69, 9.17) is 51.2 Å². The number of nitriles is 2. The summed E-state index contributed by atoms with van der Waals surface area (Å²) in [7, 11) is 0. The van der Waals surface area contributed by atoms with Crippen LogP contribution in [0.4, 0.5) is 14.6 Å². The molecular weight excluding hydrogens is 895 g/mol. The van der Waals surface area contributed by atoms with Gasteiger partial charge >= 0.3 is 0 Å². The SMILES string of the molecule is C=CCOP(=S)(OCCC#N)[C@@H]1C(COP(=S)(OCCC#N)[C@@H]2C(CO)OC(n3cnc4c(=O)[nH]cnc43)[C@@H]2F)OC(n2cnc3c(NC(=O)c4ccccc4)ncnc32)[C@@H]1F. The van der Waals surface area contributed by atoms with E-state index in [0.717, 1.165) is 19.0 Å². The number of hydrogen-bond donors (Lipinski definition) is 3. The molecule has 2 saturated heterocycles. The van der Waals surface area contributed by atoms with E-state index in [-0.39, 0.29) is 60.8 Å². The average molecular weight is 932 g/mol. The first-order valence-electron chi connectivity index (χ1n) is 18.7. The second-order valence-corrected chi connectivity index (χ2v) is 21.0. The van der Waals surface area contributed by atoms with Crippen LogP contribution in [0, 0.1) is 22.7 Å². The van der Waals surface area contributed by atoms with Gasteiger partial charge in [0.25, 0.3) is 11.5 Å². The van der Waals surface area contributed by atoms with Crippen molar-refractivity contribution in [2.45, 2.75) is 61.2 Å². The van der Waals surface area contributed by atoms with Crippen molar-refractivity contribution in [1.82, 2.24) is 39.0 Å². The highest BCUT2D eigenvalue weighted by molar-refractivity contribution is 8.10. The summed E-state index contributed by atoms with van der Waals surface area (Å²) in [4.78, 5) is 48.8. The number of fused-ring (bicyclic) bond motifs is 2. The third kappa shape index (κ3) is 9.00. The van der Waals surface area contributed by atoms with Crippen LogP contribution in [0.2, 0.25) is 0 Å². The Hall–Kier alpha value is -4.81. The summed E-state index contributed by atoms with van der Waals surface area (Å²) >= 11 is 11.9. The first-order chi connectivity index (χ1) is 30.0. The number of aromatic amines is 1. The van der Waals surface area contributed by atoms with Crippen molar-refractivity contribution in [2.75, 3.05) is 38.4 Å². The van der Waals surface area contributed by atoms with E-state index < -0.39 is 86.0 Å². The van der Waals surface area contributed by atoms with E-state index in [1.165, 1.54) is 21.5 Å². The molecule has 0 radical (unpaired) electrons. The van der Waals surface area contributed by atoms with Gasteiger partial charge in [-0.05, 0) is 35.7 Å². The van der Waals surface area contributed by atoms with Crippen LogP contribution in [0.1, 0.15) is 35.7 Å². The van der Waals surface area contributed by atoms with E-state index in [1.54, 1.807) is 30.3 Å². The number of nitrogens with one attached hydrogen (secondary N) is 2. The van der Waals surface area contributed by atoms with Crippen molar-refractivity contribution >= 4 is 70.6 Å². The lowest BCUT2D eigenvalue weighted by atomic mass is 10.2. The second kappa shape index (κ2) is 19.7. The minimum absolute atomic E-state index is 0.00903. The number of anilines is 1. The zero-order valence-corrected chi connectivity index (χ0v) is 35.7. The molecule has 0 bridgehead atoms. The van der Waals surface area contributed by atoms with Gasteiger partial charge in [-0.1, -0.05) is 24.3 Å². The number of rotatable bonds is 19. The number of amides is 1. The largest absolute Gasteiger partial charge is 0.394 e. The molecule has 7 rings (SSSR count). The minimum Gasteiger partial charge on any atom is -0.394 e. The van der Waals surface area contributed by atoms with Crippen LogP contribution in [0.25, 0.3) is 22.3 Å². The number of halogens is 2. The van der Waals surface area contributed by atoms with E-state index in [9.17, 15) is 25.2 Å². The Kier molecular flexibility index (Phi) is 14.4. The van der Waals surface area contributed by atoms with Gasteiger partial charge in [-0.25, -0.2) is 33.7 Å². The Morgan fingerprint density at radius 1 is 0.903 bits per heavy atom. The third-order valence-corrected chi connectivity index (χ3v) is 17.3. The van der Waals surface area contributed by atoms with Gasteiger partial charge in [0.05, 0.1) is 101 Å². The van der Waals surface area contributed by atoms with Gasteiger partial charge in [0, 0.05) is 5.56 Å². The number of benzene rings is 1. The number of imidazole rings is 2. The number of ether oxygens (including phenoxy) is 2. The fourth-order valence-corrected chi connectivity index (χ4v) is 13.7. The predicted octanol–water partition coefficient (Wildman–Crippen LogP) is 4.11. The Labute approximate surface area is 361 Å². The van der Waals surface area contributed by atoms with Crippen LogP contribution < -0.4 is 10.9 Å². The number of aromatic nitrogens is 8. The zero-order chi connectivity index (χ0) is 44.0. The quantitative estimate of drug-likeness (QED) is 0.0598. The fourth-order valence-electron chi connectivity index (χ4n) is 7.04. The van der Waals surface area contributed by atoms with Crippen molar-refractivity contribution in [3.8, 4) is 12.1 Å². The molecule has 5 aromatic rings. The van der Waals surface area contributed by atoms with Gasteiger partial charge in [0.15, 0.2) is 65.9 Å². The summed E-state index contributed by atoms with van der Waals surface area (Å²) < 4.78 is 73.5. The van der Waals surface area contributed by atoms with Crippen LogP contribution >= 0.6 is 13.0 Å². The normalized spacial score (nSPS) is 25.5. The highest BCUT2D eigenvalue weighted by Crippen LogP contribution is 2.64. The Balaban J connectivity index is 1.23.